The third kappa shape index (κ3) is 1.80. The Morgan fingerprint density at radius 3 is 2.60 bits per heavy atom. The number of aromatic hydroxyl groups is 1. The number of aryl methyl sites for hydroxylation is 1. The quantitative estimate of drug-likeness (QED) is 0.767. The van der Waals surface area contributed by atoms with E-state index in [1.165, 1.54) is 5.56 Å². The Bertz CT molecular complexity index is 503. The molecule has 2 rings (SSSR count). The second-order valence-electron chi connectivity index (χ2n) is 4.24. The van der Waals surface area contributed by atoms with Crippen LogP contribution in [-0.2, 0) is 0 Å². The van der Waals surface area contributed by atoms with Crippen LogP contribution in [0.3, 0.4) is 0 Å². The van der Waals surface area contributed by atoms with Gasteiger partial charge >= 0.3 is 0 Å². The molecule has 15 heavy (non-hydrogen) atoms. The molecule has 0 atom stereocenters. The summed E-state index contributed by atoms with van der Waals surface area (Å²) in [7, 11) is 0. The Kier molecular flexibility index (Phi) is 2.35. The lowest BCUT2D eigenvalue weighted by atomic mass is 9.98. The van der Waals surface area contributed by atoms with Crippen LogP contribution >= 0.6 is 0 Å². The van der Waals surface area contributed by atoms with Crippen molar-refractivity contribution in [3.8, 4) is 5.88 Å². The highest BCUT2D eigenvalue weighted by atomic mass is 16.3. The summed E-state index contributed by atoms with van der Waals surface area (Å²) in [4.78, 5) is 4.12. The zero-order valence-electron chi connectivity index (χ0n) is 9.28. The molecule has 0 radical (unpaired) electrons. The second kappa shape index (κ2) is 3.54. The van der Waals surface area contributed by atoms with Crippen LogP contribution < -0.4 is 0 Å². The summed E-state index contributed by atoms with van der Waals surface area (Å²) in [5.74, 6) is 0.498. The maximum absolute atomic E-state index is 9.52. The van der Waals surface area contributed by atoms with E-state index in [0.717, 1.165) is 16.5 Å². The van der Waals surface area contributed by atoms with Crippen molar-refractivity contribution in [1.29, 1.82) is 0 Å². The molecule has 0 aliphatic heterocycles. The number of pyridine rings is 1. The fourth-order valence-electron chi connectivity index (χ4n) is 1.83. The molecule has 0 amide bonds. The molecule has 1 aromatic heterocycles. The number of fused-ring (bicyclic) bond motifs is 1. The molecular weight excluding hydrogens is 186 g/mol. The van der Waals surface area contributed by atoms with Crippen LogP contribution in [0.1, 0.15) is 30.9 Å². The van der Waals surface area contributed by atoms with Crippen LogP contribution in [0.15, 0.2) is 24.3 Å². The van der Waals surface area contributed by atoms with Crippen molar-refractivity contribution in [2.75, 3.05) is 0 Å². The Morgan fingerprint density at radius 1 is 1.20 bits per heavy atom. The van der Waals surface area contributed by atoms with E-state index in [0.29, 0.717) is 5.92 Å². The minimum Gasteiger partial charge on any atom is -0.493 e. The van der Waals surface area contributed by atoms with Crippen molar-refractivity contribution in [3.63, 3.8) is 0 Å². The molecule has 2 nitrogen and oxygen atoms in total. The SMILES string of the molecule is Cc1ccc2nc(O)cc(C(C)C)c2c1. The third-order valence-corrected chi connectivity index (χ3v) is 2.60. The molecule has 1 N–H and O–H groups in total. The summed E-state index contributed by atoms with van der Waals surface area (Å²) < 4.78 is 0. The lowest BCUT2D eigenvalue weighted by Crippen LogP contribution is -1.92. The Morgan fingerprint density at radius 2 is 1.93 bits per heavy atom. The van der Waals surface area contributed by atoms with Crippen molar-refractivity contribution in [2.45, 2.75) is 26.7 Å². The smallest absolute Gasteiger partial charge is 0.211 e. The average Bonchev–Trinajstić information content (AvgIpc) is 2.17. The molecule has 0 bridgehead atoms. The Balaban J connectivity index is 2.81. The molecule has 0 saturated carbocycles. The summed E-state index contributed by atoms with van der Waals surface area (Å²) in [5, 5.41) is 10.7. The van der Waals surface area contributed by atoms with Gasteiger partial charge in [-0.2, -0.15) is 0 Å². The predicted molar refractivity (Wildman–Crippen MR) is 62.2 cm³/mol. The highest BCUT2D eigenvalue weighted by Crippen LogP contribution is 2.27. The summed E-state index contributed by atoms with van der Waals surface area (Å²) in [5.41, 5.74) is 3.24. The van der Waals surface area contributed by atoms with Crippen LogP contribution in [0.5, 0.6) is 5.88 Å². The third-order valence-electron chi connectivity index (χ3n) is 2.60. The van der Waals surface area contributed by atoms with Gasteiger partial charge in [0.15, 0.2) is 0 Å². The molecule has 78 valence electrons. The summed E-state index contributed by atoms with van der Waals surface area (Å²) in [6.45, 7) is 6.31. The van der Waals surface area contributed by atoms with Crippen molar-refractivity contribution >= 4 is 10.9 Å². The standard InChI is InChI=1S/C13H15NO/c1-8(2)10-7-13(15)14-12-5-4-9(3)6-11(10)12/h4-8H,1-3H3,(H,14,15). The molecule has 0 saturated heterocycles. The van der Waals surface area contributed by atoms with Gasteiger partial charge < -0.3 is 5.11 Å². The van der Waals surface area contributed by atoms with Crippen LogP contribution in [0.25, 0.3) is 10.9 Å². The topological polar surface area (TPSA) is 33.1 Å². The number of aromatic nitrogens is 1. The van der Waals surface area contributed by atoms with E-state index in [2.05, 4.69) is 31.8 Å². The fraction of sp³-hybridized carbons (Fsp3) is 0.308. The van der Waals surface area contributed by atoms with Gasteiger partial charge in [0, 0.05) is 11.5 Å². The number of hydrogen-bond acceptors (Lipinski definition) is 2. The normalized spacial score (nSPS) is 11.2. The maximum Gasteiger partial charge on any atom is 0.211 e. The van der Waals surface area contributed by atoms with Gasteiger partial charge in [-0.25, -0.2) is 4.98 Å². The monoisotopic (exact) mass is 201 g/mol. The number of benzene rings is 1. The van der Waals surface area contributed by atoms with E-state index in [-0.39, 0.29) is 5.88 Å². The minimum absolute atomic E-state index is 0.107. The molecule has 1 heterocycles. The first-order chi connectivity index (χ1) is 7.08. The van der Waals surface area contributed by atoms with Crippen LogP contribution in [0.4, 0.5) is 0 Å². The molecule has 0 aliphatic carbocycles. The molecule has 0 unspecified atom stereocenters. The first-order valence-electron chi connectivity index (χ1n) is 5.18. The number of nitrogens with zero attached hydrogens (tertiary/aromatic N) is 1. The molecule has 0 spiro atoms. The molecule has 0 fully saturated rings. The van der Waals surface area contributed by atoms with Crippen molar-refractivity contribution in [1.82, 2.24) is 4.98 Å². The van der Waals surface area contributed by atoms with Crippen molar-refractivity contribution < 1.29 is 5.11 Å². The van der Waals surface area contributed by atoms with Gasteiger partial charge in [0.2, 0.25) is 5.88 Å². The largest absolute Gasteiger partial charge is 0.493 e. The highest BCUT2D eigenvalue weighted by Gasteiger charge is 2.08. The van der Waals surface area contributed by atoms with E-state index < -0.39 is 0 Å². The maximum atomic E-state index is 9.52. The molecular formula is C13H15NO. The number of rotatable bonds is 1. The molecule has 2 aromatic rings. The van der Waals surface area contributed by atoms with E-state index in [9.17, 15) is 5.11 Å². The van der Waals surface area contributed by atoms with Gasteiger partial charge in [-0.15, -0.1) is 0 Å². The number of hydrogen-bond donors (Lipinski definition) is 1. The lowest BCUT2D eigenvalue weighted by Gasteiger charge is -2.10. The summed E-state index contributed by atoms with van der Waals surface area (Å²) in [6, 6.07) is 7.85. The van der Waals surface area contributed by atoms with Gasteiger partial charge in [-0.05, 0) is 30.5 Å². The zero-order chi connectivity index (χ0) is 11.0. The average molecular weight is 201 g/mol. The van der Waals surface area contributed by atoms with Crippen LogP contribution in [0, 0.1) is 6.92 Å². The van der Waals surface area contributed by atoms with Gasteiger partial charge in [0.25, 0.3) is 0 Å². The molecule has 2 heteroatoms. The van der Waals surface area contributed by atoms with Gasteiger partial charge in [-0.3, -0.25) is 0 Å². The van der Waals surface area contributed by atoms with E-state index in [1.807, 2.05) is 12.1 Å². The van der Waals surface area contributed by atoms with Gasteiger partial charge in [0.05, 0.1) is 5.52 Å². The zero-order valence-corrected chi connectivity index (χ0v) is 9.28. The van der Waals surface area contributed by atoms with E-state index in [1.54, 1.807) is 6.07 Å². The Labute approximate surface area is 89.6 Å². The minimum atomic E-state index is 0.107. The molecule has 1 aromatic carbocycles. The summed E-state index contributed by atoms with van der Waals surface area (Å²) in [6.07, 6.45) is 0. The Hall–Kier alpha value is -1.57. The van der Waals surface area contributed by atoms with Crippen LogP contribution in [0.2, 0.25) is 0 Å². The lowest BCUT2D eigenvalue weighted by molar-refractivity contribution is 0.454. The first kappa shape index (κ1) is 9.97. The van der Waals surface area contributed by atoms with Crippen molar-refractivity contribution in [3.05, 3.63) is 35.4 Å². The summed E-state index contributed by atoms with van der Waals surface area (Å²) >= 11 is 0. The molecule has 0 aliphatic rings. The van der Waals surface area contributed by atoms with E-state index >= 15 is 0 Å². The van der Waals surface area contributed by atoms with E-state index in [4.69, 9.17) is 0 Å². The van der Waals surface area contributed by atoms with Crippen LogP contribution in [-0.4, -0.2) is 10.1 Å². The fourth-order valence-corrected chi connectivity index (χ4v) is 1.83. The predicted octanol–water partition coefficient (Wildman–Crippen LogP) is 3.37. The highest BCUT2D eigenvalue weighted by molar-refractivity contribution is 5.84. The first-order valence-corrected chi connectivity index (χ1v) is 5.18. The van der Waals surface area contributed by atoms with Crippen molar-refractivity contribution in [2.24, 2.45) is 0 Å². The van der Waals surface area contributed by atoms with Gasteiger partial charge in [0.1, 0.15) is 0 Å². The van der Waals surface area contributed by atoms with Gasteiger partial charge in [-0.1, -0.05) is 25.5 Å². The second-order valence-corrected chi connectivity index (χ2v) is 4.24.